The molecule has 144 valence electrons. The van der Waals surface area contributed by atoms with Crippen molar-refractivity contribution in [1.82, 2.24) is 0 Å². The molecule has 0 aliphatic carbocycles. The lowest BCUT2D eigenvalue weighted by atomic mass is 9.90. The summed E-state index contributed by atoms with van der Waals surface area (Å²) in [5.41, 5.74) is 0.106. The quantitative estimate of drug-likeness (QED) is 0.728. The zero-order valence-electron chi connectivity index (χ0n) is 13.2. The number of fused-ring (bicyclic) bond motifs is 1. The summed E-state index contributed by atoms with van der Waals surface area (Å²) >= 11 is 5.97. The molecule has 0 radical (unpaired) electrons. The molecule has 0 fully saturated rings. The van der Waals surface area contributed by atoms with Crippen LogP contribution in [0.2, 0.25) is 5.02 Å². The van der Waals surface area contributed by atoms with E-state index in [1.807, 2.05) is 0 Å². The minimum atomic E-state index is -4.93. The van der Waals surface area contributed by atoms with Gasteiger partial charge in [0.15, 0.2) is 17.4 Å². The Bertz CT molecular complexity index is 879. The Morgan fingerprint density at radius 3 is 2.41 bits per heavy atom. The smallest absolute Gasteiger partial charge is 0.426 e. The number of halogens is 6. The minimum Gasteiger partial charge on any atom is -0.481 e. The summed E-state index contributed by atoms with van der Waals surface area (Å²) < 4.78 is 76.7. The molecule has 0 bridgehead atoms. The predicted molar refractivity (Wildman–Crippen MR) is 83.2 cm³/mol. The Morgan fingerprint density at radius 2 is 1.85 bits per heavy atom. The molecule has 0 saturated carbocycles. The van der Waals surface area contributed by atoms with Crippen molar-refractivity contribution >= 4 is 17.6 Å². The number of carboxylic acids is 1. The summed E-state index contributed by atoms with van der Waals surface area (Å²) in [7, 11) is 0. The standard InChI is InChI=1S/C17H10ClF5O4/c18-9-5-7-4-8(16(24)25)15(17(21,22)23)27-12(7)6-13(9)26-14-10(19)2-1-3-11(14)20/h1-3,5-6,8,15H,4H2,(H,24,25). The van der Waals surface area contributed by atoms with Gasteiger partial charge in [-0.05, 0) is 30.2 Å². The van der Waals surface area contributed by atoms with Crippen LogP contribution in [0.1, 0.15) is 5.56 Å². The van der Waals surface area contributed by atoms with E-state index in [4.69, 9.17) is 26.2 Å². The lowest BCUT2D eigenvalue weighted by Gasteiger charge is -2.32. The molecule has 10 heteroatoms. The molecule has 0 aromatic heterocycles. The Hall–Kier alpha value is -2.55. The van der Waals surface area contributed by atoms with E-state index in [1.165, 1.54) is 0 Å². The highest BCUT2D eigenvalue weighted by atomic mass is 35.5. The molecule has 27 heavy (non-hydrogen) atoms. The number of aliphatic carboxylic acids is 1. The van der Waals surface area contributed by atoms with Gasteiger partial charge in [0.1, 0.15) is 17.4 Å². The van der Waals surface area contributed by atoms with Gasteiger partial charge in [0, 0.05) is 6.07 Å². The van der Waals surface area contributed by atoms with E-state index in [0.29, 0.717) is 0 Å². The van der Waals surface area contributed by atoms with Crippen molar-refractivity contribution in [2.75, 3.05) is 0 Å². The van der Waals surface area contributed by atoms with Crippen molar-refractivity contribution in [3.63, 3.8) is 0 Å². The van der Waals surface area contributed by atoms with Crippen molar-refractivity contribution < 1.29 is 41.3 Å². The zero-order valence-corrected chi connectivity index (χ0v) is 13.9. The Balaban J connectivity index is 2.00. The summed E-state index contributed by atoms with van der Waals surface area (Å²) in [5.74, 6) is -7.06. The van der Waals surface area contributed by atoms with E-state index in [-0.39, 0.29) is 22.1 Å². The van der Waals surface area contributed by atoms with E-state index in [0.717, 1.165) is 30.3 Å². The van der Waals surface area contributed by atoms with Crippen LogP contribution in [0, 0.1) is 17.6 Å². The van der Waals surface area contributed by atoms with E-state index < -0.39 is 48.0 Å². The molecule has 1 aliphatic rings. The first kappa shape index (κ1) is 19.2. The third-order valence-corrected chi connectivity index (χ3v) is 4.24. The van der Waals surface area contributed by atoms with Gasteiger partial charge >= 0.3 is 12.1 Å². The van der Waals surface area contributed by atoms with Crippen molar-refractivity contribution in [2.45, 2.75) is 18.7 Å². The molecule has 2 atom stereocenters. The number of carbonyl (C=O) groups is 1. The predicted octanol–water partition coefficient (Wildman–Crippen LogP) is 4.98. The average molecular weight is 409 g/mol. The van der Waals surface area contributed by atoms with Gasteiger partial charge in [-0.25, -0.2) is 8.78 Å². The van der Waals surface area contributed by atoms with Crippen LogP contribution in [0.5, 0.6) is 17.2 Å². The monoisotopic (exact) mass is 408 g/mol. The van der Waals surface area contributed by atoms with Crippen LogP contribution < -0.4 is 9.47 Å². The number of rotatable bonds is 3. The molecular formula is C17H10ClF5O4. The topological polar surface area (TPSA) is 55.8 Å². The number of para-hydroxylation sites is 1. The van der Waals surface area contributed by atoms with Crippen molar-refractivity contribution in [3.05, 3.63) is 52.6 Å². The van der Waals surface area contributed by atoms with Crippen LogP contribution in [-0.2, 0) is 11.2 Å². The highest BCUT2D eigenvalue weighted by Crippen LogP contribution is 2.43. The minimum absolute atomic E-state index is 0.106. The van der Waals surface area contributed by atoms with Gasteiger partial charge in [0.2, 0.25) is 6.10 Å². The third kappa shape index (κ3) is 3.78. The van der Waals surface area contributed by atoms with E-state index >= 15 is 0 Å². The molecule has 3 rings (SSSR count). The lowest BCUT2D eigenvalue weighted by molar-refractivity contribution is -0.217. The fourth-order valence-corrected chi connectivity index (χ4v) is 2.91. The molecule has 1 N–H and O–H groups in total. The van der Waals surface area contributed by atoms with Crippen LogP contribution in [0.4, 0.5) is 22.0 Å². The molecule has 0 spiro atoms. The van der Waals surface area contributed by atoms with Gasteiger partial charge in [-0.15, -0.1) is 0 Å². The first-order chi connectivity index (χ1) is 12.6. The first-order valence-corrected chi connectivity index (χ1v) is 7.86. The molecule has 0 saturated heterocycles. The fraction of sp³-hybridized carbons (Fsp3) is 0.235. The summed E-state index contributed by atoms with van der Waals surface area (Å²) in [6, 6.07) is 5.06. The van der Waals surface area contributed by atoms with Crippen LogP contribution in [0.3, 0.4) is 0 Å². The molecule has 0 amide bonds. The number of hydrogen-bond donors (Lipinski definition) is 1. The summed E-state index contributed by atoms with van der Waals surface area (Å²) in [4.78, 5) is 11.2. The number of benzene rings is 2. The molecule has 2 aromatic carbocycles. The molecule has 4 nitrogen and oxygen atoms in total. The normalized spacial score (nSPS) is 19.2. The van der Waals surface area contributed by atoms with Crippen LogP contribution >= 0.6 is 11.6 Å². The number of ether oxygens (including phenoxy) is 2. The second-order valence-corrected chi connectivity index (χ2v) is 6.18. The Morgan fingerprint density at radius 1 is 1.22 bits per heavy atom. The largest absolute Gasteiger partial charge is 0.481 e. The molecule has 1 heterocycles. The maximum Gasteiger partial charge on any atom is 0.426 e. The highest BCUT2D eigenvalue weighted by molar-refractivity contribution is 6.32. The third-order valence-electron chi connectivity index (χ3n) is 3.94. The maximum atomic E-state index is 13.7. The number of alkyl halides is 3. The van der Waals surface area contributed by atoms with Crippen molar-refractivity contribution in [3.8, 4) is 17.2 Å². The highest BCUT2D eigenvalue weighted by Gasteiger charge is 2.52. The summed E-state index contributed by atoms with van der Waals surface area (Å²) in [5, 5.41) is 8.88. The molecule has 2 aromatic rings. The van der Waals surface area contributed by atoms with Crippen LogP contribution in [0.25, 0.3) is 0 Å². The number of carboxylic acid groups (broad SMARTS) is 1. The molecule has 1 aliphatic heterocycles. The van der Waals surface area contributed by atoms with Crippen LogP contribution in [-0.4, -0.2) is 23.4 Å². The molecular weight excluding hydrogens is 399 g/mol. The second-order valence-electron chi connectivity index (χ2n) is 5.77. The van der Waals surface area contributed by atoms with Gasteiger partial charge < -0.3 is 14.6 Å². The summed E-state index contributed by atoms with van der Waals surface area (Å²) in [6.45, 7) is 0. The SMILES string of the molecule is O=C(O)C1Cc2cc(Cl)c(Oc3c(F)cccc3F)cc2OC1C(F)(F)F. The Labute approximate surface area is 154 Å². The maximum absolute atomic E-state index is 13.7. The van der Waals surface area contributed by atoms with Gasteiger partial charge in [0.25, 0.3) is 0 Å². The lowest BCUT2D eigenvalue weighted by Crippen LogP contribution is -2.47. The van der Waals surface area contributed by atoms with E-state index in [9.17, 15) is 26.7 Å². The van der Waals surface area contributed by atoms with Crippen molar-refractivity contribution in [1.29, 1.82) is 0 Å². The number of hydrogen-bond acceptors (Lipinski definition) is 3. The van der Waals surface area contributed by atoms with Gasteiger partial charge in [-0.3, -0.25) is 4.79 Å². The van der Waals surface area contributed by atoms with Gasteiger partial charge in [0.05, 0.1) is 5.02 Å². The van der Waals surface area contributed by atoms with E-state index in [1.54, 1.807) is 0 Å². The average Bonchev–Trinajstić information content (AvgIpc) is 2.56. The van der Waals surface area contributed by atoms with Crippen molar-refractivity contribution in [2.24, 2.45) is 5.92 Å². The summed E-state index contributed by atoms with van der Waals surface area (Å²) in [6.07, 6.45) is -8.00. The second kappa shape index (κ2) is 6.88. The van der Waals surface area contributed by atoms with Gasteiger partial charge in [-0.2, -0.15) is 13.2 Å². The Kier molecular flexibility index (Phi) is 4.90. The zero-order chi connectivity index (χ0) is 19.9. The van der Waals surface area contributed by atoms with Crippen LogP contribution in [0.15, 0.2) is 30.3 Å². The van der Waals surface area contributed by atoms with Gasteiger partial charge in [-0.1, -0.05) is 17.7 Å². The van der Waals surface area contributed by atoms with E-state index in [2.05, 4.69) is 0 Å². The first-order valence-electron chi connectivity index (χ1n) is 7.48. The fourth-order valence-electron chi connectivity index (χ4n) is 2.69. The molecule has 2 unspecified atom stereocenters.